The molecule has 188 valence electrons. The fourth-order valence-corrected chi connectivity index (χ4v) is 4.68. The van der Waals surface area contributed by atoms with Gasteiger partial charge in [-0.2, -0.15) is 0 Å². The Morgan fingerprint density at radius 3 is 2.46 bits per heavy atom. The number of carbonyl (C=O) groups excluding carboxylic acids is 1. The Kier molecular flexibility index (Phi) is 9.98. The van der Waals surface area contributed by atoms with Gasteiger partial charge in [-0.05, 0) is 50.2 Å². The highest BCUT2D eigenvalue weighted by Crippen LogP contribution is 2.28. The summed E-state index contributed by atoms with van der Waals surface area (Å²) in [5.41, 5.74) is 2.24. The zero-order chi connectivity index (χ0) is 25.2. The van der Waals surface area contributed by atoms with Gasteiger partial charge in [0.15, 0.2) is 22.5 Å². The molecule has 0 spiro atoms. The summed E-state index contributed by atoms with van der Waals surface area (Å²) in [6.45, 7) is 3.34. The summed E-state index contributed by atoms with van der Waals surface area (Å²) in [4.78, 5) is 14.7. The SMILES string of the molecule is CC[C@@H](c1nnc(SCC(=O)NCCc2ccc(OC)c(OC)c2)n1Cc1ccccc1)N(C)C. The highest BCUT2D eigenvalue weighted by Gasteiger charge is 2.22. The number of benzene rings is 2. The molecule has 0 fully saturated rings. The molecule has 8 nitrogen and oxygen atoms in total. The lowest BCUT2D eigenvalue weighted by atomic mass is 10.1. The van der Waals surface area contributed by atoms with Crippen LogP contribution in [0.2, 0.25) is 0 Å². The van der Waals surface area contributed by atoms with Crippen LogP contribution in [0.25, 0.3) is 0 Å². The van der Waals surface area contributed by atoms with Crippen molar-refractivity contribution in [2.45, 2.75) is 37.5 Å². The standard InChI is InChI=1S/C26H35N5O3S/c1-6-21(30(2)3)25-28-29-26(31(25)17-20-10-8-7-9-11-20)35-18-24(32)27-15-14-19-12-13-22(33-4)23(16-19)34-5/h7-13,16,21H,6,14-15,17-18H2,1-5H3,(H,27,32)/t21-/m0/s1. The van der Waals surface area contributed by atoms with E-state index in [0.29, 0.717) is 31.0 Å². The Morgan fingerprint density at radius 1 is 1.06 bits per heavy atom. The van der Waals surface area contributed by atoms with Crippen LogP contribution in [0.3, 0.4) is 0 Å². The van der Waals surface area contributed by atoms with Gasteiger partial charge in [-0.25, -0.2) is 0 Å². The number of amides is 1. The minimum atomic E-state index is -0.0362. The van der Waals surface area contributed by atoms with Gasteiger partial charge in [0.1, 0.15) is 0 Å². The van der Waals surface area contributed by atoms with Gasteiger partial charge in [0.25, 0.3) is 0 Å². The fourth-order valence-electron chi connectivity index (χ4n) is 3.91. The van der Waals surface area contributed by atoms with E-state index in [9.17, 15) is 4.79 Å². The molecule has 1 aromatic heterocycles. The van der Waals surface area contributed by atoms with Crippen molar-refractivity contribution in [3.05, 3.63) is 65.5 Å². The molecule has 1 atom stereocenters. The van der Waals surface area contributed by atoms with Crippen molar-refractivity contribution in [3.63, 3.8) is 0 Å². The summed E-state index contributed by atoms with van der Waals surface area (Å²) in [6, 6.07) is 16.2. The normalized spacial score (nSPS) is 11.9. The predicted octanol–water partition coefficient (Wildman–Crippen LogP) is 3.81. The molecule has 1 amide bonds. The van der Waals surface area contributed by atoms with Gasteiger partial charge in [-0.1, -0.05) is 55.1 Å². The van der Waals surface area contributed by atoms with Crippen LogP contribution < -0.4 is 14.8 Å². The molecule has 1 heterocycles. The largest absolute Gasteiger partial charge is 0.493 e. The van der Waals surface area contributed by atoms with E-state index < -0.39 is 0 Å². The Morgan fingerprint density at radius 2 is 1.80 bits per heavy atom. The van der Waals surface area contributed by atoms with E-state index in [1.54, 1.807) is 14.2 Å². The number of aromatic nitrogens is 3. The second-order valence-electron chi connectivity index (χ2n) is 8.38. The zero-order valence-corrected chi connectivity index (χ0v) is 22.0. The molecule has 2 aromatic carbocycles. The molecule has 0 radical (unpaired) electrons. The molecule has 0 aliphatic rings. The number of nitrogens with zero attached hydrogens (tertiary/aromatic N) is 4. The van der Waals surface area contributed by atoms with Crippen LogP contribution in [0.4, 0.5) is 0 Å². The molecule has 3 rings (SSSR count). The van der Waals surface area contributed by atoms with Crippen molar-refractivity contribution in [3.8, 4) is 11.5 Å². The average molecular weight is 498 g/mol. The second-order valence-corrected chi connectivity index (χ2v) is 9.32. The molecule has 35 heavy (non-hydrogen) atoms. The van der Waals surface area contributed by atoms with Crippen molar-refractivity contribution in [1.29, 1.82) is 0 Å². The lowest BCUT2D eigenvalue weighted by Gasteiger charge is -2.23. The highest BCUT2D eigenvalue weighted by molar-refractivity contribution is 7.99. The van der Waals surface area contributed by atoms with Gasteiger partial charge in [-0.3, -0.25) is 9.69 Å². The van der Waals surface area contributed by atoms with Crippen LogP contribution in [-0.2, 0) is 17.8 Å². The zero-order valence-electron chi connectivity index (χ0n) is 21.2. The van der Waals surface area contributed by atoms with Crippen molar-refractivity contribution in [2.24, 2.45) is 0 Å². The summed E-state index contributed by atoms with van der Waals surface area (Å²) in [7, 11) is 7.33. The topological polar surface area (TPSA) is 81.5 Å². The summed E-state index contributed by atoms with van der Waals surface area (Å²) < 4.78 is 12.8. The molecule has 0 bridgehead atoms. The van der Waals surface area contributed by atoms with Crippen molar-refractivity contribution in [2.75, 3.05) is 40.6 Å². The van der Waals surface area contributed by atoms with Gasteiger partial charge >= 0.3 is 0 Å². The molecule has 0 aliphatic carbocycles. The number of methoxy groups -OCH3 is 2. The molecule has 0 aliphatic heterocycles. The molecule has 1 N–H and O–H groups in total. The van der Waals surface area contributed by atoms with E-state index in [-0.39, 0.29) is 17.7 Å². The fraction of sp³-hybridized carbons (Fsp3) is 0.423. The molecular weight excluding hydrogens is 462 g/mol. The van der Waals surface area contributed by atoms with Crippen LogP contribution in [0.1, 0.15) is 36.3 Å². The monoisotopic (exact) mass is 497 g/mol. The second kappa shape index (κ2) is 13.2. The number of ether oxygens (including phenoxy) is 2. The van der Waals surface area contributed by atoms with E-state index in [0.717, 1.165) is 23.0 Å². The van der Waals surface area contributed by atoms with E-state index in [1.165, 1.54) is 17.3 Å². The van der Waals surface area contributed by atoms with E-state index in [1.807, 2.05) is 50.5 Å². The Balaban J connectivity index is 1.62. The number of hydrogen-bond donors (Lipinski definition) is 1. The number of rotatable bonds is 13. The van der Waals surface area contributed by atoms with Crippen molar-refractivity contribution >= 4 is 17.7 Å². The number of thioether (sulfide) groups is 1. The molecular formula is C26H35N5O3S. The molecule has 3 aromatic rings. The molecule has 9 heteroatoms. The van der Waals surface area contributed by atoms with Gasteiger partial charge < -0.3 is 19.4 Å². The van der Waals surface area contributed by atoms with Crippen molar-refractivity contribution in [1.82, 2.24) is 25.0 Å². The third kappa shape index (κ3) is 7.22. The van der Waals surface area contributed by atoms with Gasteiger partial charge in [0.2, 0.25) is 5.91 Å². The van der Waals surface area contributed by atoms with Crippen LogP contribution in [0.5, 0.6) is 11.5 Å². The molecule has 0 unspecified atom stereocenters. The minimum absolute atomic E-state index is 0.0362. The third-order valence-corrected chi connectivity index (χ3v) is 6.72. The van der Waals surface area contributed by atoms with Crippen LogP contribution in [0.15, 0.2) is 53.7 Å². The third-order valence-electron chi connectivity index (χ3n) is 5.75. The van der Waals surface area contributed by atoms with Crippen LogP contribution in [-0.4, -0.2) is 66.2 Å². The predicted molar refractivity (Wildman–Crippen MR) is 139 cm³/mol. The number of nitrogens with one attached hydrogen (secondary N) is 1. The maximum atomic E-state index is 12.6. The van der Waals surface area contributed by atoms with Gasteiger partial charge in [-0.15, -0.1) is 10.2 Å². The van der Waals surface area contributed by atoms with E-state index in [4.69, 9.17) is 9.47 Å². The van der Waals surface area contributed by atoms with Crippen molar-refractivity contribution < 1.29 is 14.3 Å². The maximum absolute atomic E-state index is 12.6. The Bertz CT molecular complexity index is 1090. The first-order chi connectivity index (χ1) is 17.0. The average Bonchev–Trinajstić information content (AvgIpc) is 3.25. The Labute approximate surface area is 212 Å². The van der Waals surface area contributed by atoms with Gasteiger partial charge in [0.05, 0.1) is 32.6 Å². The minimum Gasteiger partial charge on any atom is -0.493 e. The Hall–Kier alpha value is -3.04. The smallest absolute Gasteiger partial charge is 0.230 e. The summed E-state index contributed by atoms with van der Waals surface area (Å²) >= 11 is 1.41. The van der Waals surface area contributed by atoms with E-state index in [2.05, 4.69) is 44.0 Å². The van der Waals surface area contributed by atoms with Crippen LogP contribution in [0, 0.1) is 0 Å². The lowest BCUT2D eigenvalue weighted by molar-refractivity contribution is -0.118. The number of hydrogen-bond acceptors (Lipinski definition) is 7. The first kappa shape index (κ1) is 26.6. The molecule has 0 saturated heterocycles. The van der Waals surface area contributed by atoms with E-state index >= 15 is 0 Å². The first-order valence-electron chi connectivity index (χ1n) is 11.7. The van der Waals surface area contributed by atoms with Crippen LogP contribution >= 0.6 is 11.8 Å². The molecule has 0 saturated carbocycles. The summed E-state index contributed by atoms with van der Waals surface area (Å²) in [6.07, 6.45) is 1.62. The lowest BCUT2D eigenvalue weighted by Crippen LogP contribution is -2.27. The summed E-state index contributed by atoms with van der Waals surface area (Å²) in [5.74, 6) is 2.53. The quantitative estimate of drug-likeness (QED) is 0.360. The first-order valence-corrected chi connectivity index (χ1v) is 12.7. The highest BCUT2D eigenvalue weighted by atomic mass is 32.2. The number of carbonyl (C=O) groups is 1. The maximum Gasteiger partial charge on any atom is 0.230 e. The van der Waals surface area contributed by atoms with Gasteiger partial charge in [0, 0.05) is 6.54 Å². The summed E-state index contributed by atoms with van der Waals surface area (Å²) in [5, 5.41) is 12.7.